The van der Waals surface area contributed by atoms with E-state index < -0.39 is 20.6 Å². The minimum atomic E-state index is -4.55. The second kappa shape index (κ2) is 7.78. The van der Waals surface area contributed by atoms with Crippen molar-refractivity contribution in [1.29, 1.82) is 0 Å². The Kier molecular flexibility index (Phi) is 6.57. The highest BCUT2D eigenvalue weighted by atomic mass is 28.4. The highest BCUT2D eigenvalue weighted by Crippen LogP contribution is 2.40. The van der Waals surface area contributed by atoms with E-state index in [2.05, 4.69) is 10.1 Å². The molecule has 0 radical (unpaired) electrons. The lowest BCUT2D eigenvalue weighted by atomic mass is 10.1. The first kappa shape index (κ1) is 19.4. The number of halogens is 3. The van der Waals surface area contributed by atoms with Crippen LogP contribution >= 0.6 is 0 Å². The van der Waals surface area contributed by atoms with Gasteiger partial charge in [0.25, 0.3) is 0 Å². The summed E-state index contributed by atoms with van der Waals surface area (Å²) in [5, 5.41) is 11.4. The van der Waals surface area contributed by atoms with E-state index in [9.17, 15) is 13.2 Å². The van der Waals surface area contributed by atoms with Crippen molar-refractivity contribution in [3.05, 3.63) is 29.6 Å². The Morgan fingerprint density at radius 1 is 1.35 bits per heavy atom. The summed E-state index contributed by atoms with van der Waals surface area (Å²) in [4.78, 5) is 3.80. The summed E-state index contributed by atoms with van der Waals surface area (Å²) in [6, 6.07) is 4.19. The van der Waals surface area contributed by atoms with Crippen molar-refractivity contribution in [2.24, 2.45) is 10.9 Å². The zero-order valence-electron chi connectivity index (χ0n) is 13.4. The number of alkyl halides is 3. The standard InChI is InChI=1S/C14H22F3N3O2Si/c1-4-23(5-2,6-3)22-12(14(15,16)17)10-7-8-19-11(9-10)13(18)20-21/h7-9,12,21H,4-6H2,1-3H3,(H2,18,20). The van der Waals surface area contributed by atoms with Crippen molar-refractivity contribution in [3.63, 3.8) is 0 Å². The highest BCUT2D eigenvalue weighted by molar-refractivity contribution is 6.73. The first-order valence-electron chi connectivity index (χ1n) is 7.41. The third-order valence-corrected chi connectivity index (χ3v) is 8.66. The largest absolute Gasteiger partial charge is 0.417 e. The van der Waals surface area contributed by atoms with Crippen molar-refractivity contribution < 1.29 is 22.8 Å². The summed E-state index contributed by atoms with van der Waals surface area (Å²) >= 11 is 0. The average molecular weight is 349 g/mol. The van der Waals surface area contributed by atoms with Gasteiger partial charge in [0.15, 0.2) is 20.3 Å². The molecular weight excluding hydrogens is 327 g/mol. The molecule has 0 fully saturated rings. The molecule has 1 unspecified atom stereocenters. The Morgan fingerprint density at radius 3 is 2.35 bits per heavy atom. The molecule has 1 aromatic heterocycles. The van der Waals surface area contributed by atoms with Crippen LogP contribution in [0.4, 0.5) is 13.2 Å². The molecule has 0 aromatic carbocycles. The fourth-order valence-corrected chi connectivity index (χ4v) is 5.14. The van der Waals surface area contributed by atoms with Crippen molar-refractivity contribution in [2.75, 3.05) is 0 Å². The molecule has 3 N–H and O–H groups in total. The molecule has 9 heteroatoms. The molecule has 0 amide bonds. The Labute approximate surface area is 134 Å². The Bertz CT molecular complexity index is 540. The van der Waals surface area contributed by atoms with Crippen LogP contribution < -0.4 is 5.73 Å². The monoisotopic (exact) mass is 349 g/mol. The van der Waals surface area contributed by atoms with Crippen molar-refractivity contribution in [1.82, 2.24) is 4.98 Å². The van der Waals surface area contributed by atoms with E-state index in [-0.39, 0.29) is 17.1 Å². The van der Waals surface area contributed by atoms with Gasteiger partial charge in [-0.05, 0) is 35.8 Å². The molecule has 130 valence electrons. The van der Waals surface area contributed by atoms with Gasteiger partial charge in [0.2, 0.25) is 0 Å². The minimum absolute atomic E-state index is 0.0281. The molecule has 1 rings (SSSR count). The zero-order chi connectivity index (χ0) is 17.7. The number of amidine groups is 1. The number of hydrogen-bond acceptors (Lipinski definition) is 4. The Balaban J connectivity index is 3.28. The number of nitrogens with zero attached hydrogens (tertiary/aromatic N) is 2. The third kappa shape index (κ3) is 4.68. The Hall–Kier alpha value is -1.61. The predicted molar refractivity (Wildman–Crippen MR) is 83.8 cm³/mol. The van der Waals surface area contributed by atoms with E-state index in [1.165, 1.54) is 12.3 Å². The molecule has 0 spiro atoms. The van der Waals surface area contributed by atoms with Crippen LogP contribution in [0.15, 0.2) is 23.5 Å². The van der Waals surface area contributed by atoms with Gasteiger partial charge in [0.05, 0.1) is 0 Å². The fraction of sp³-hybridized carbons (Fsp3) is 0.571. The molecular formula is C14H22F3N3O2Si. The first-order valence-corrected chi connectivity index (χ1v) is 9.94. The molecule has 0 aliphatic heterocycles. The van der Waals surface area contributed by atoms with Gasteiger partial charge in [-0.2, -0.15) is 13.2 Å². The van der Waals surface area contributed by atoms with E-state index >= 15 is 0 Å². The lowest BCUT2D eigenvalue weighted by Crippen LogP contribution is -2.41. The molecule has 0 aliphatic rings. The molecule has 1 atom stereocenters. The van der Waals surface area contributed by atoms with Gasteiger partial charge in [-0.25, -0.2) is 0 Å². The van der Waals surface area contributed by atoms with Crippen molar-refractivity contribution >= 4 is 14.2 Å². The summed E-state index contributed by atoms with van der Waals surface area (Å²) in [5.41, 5.74) is 5.28. The maximum absolute atomic E-state index is 13.5. The average Bonchev–Trinajstić information content (AvgIpc) is 2.55. The maximum atomic E-state index is 13.5. The number of oxime groups is 1. The van der Waals surface area contributed by atoms with Gasteiger partial charge in [0, 0.05) is 6.20 Å². The smallest absolute Gasteiger partial charge is 0.409 e. The molecule has 1 aromatic rings. The number of pyridine rings is 1. The van der Waals surface area contributed by atoms with Crippen LogP contribution in [-0.2, 0) is 4.43 Å². The van der Waals surface area contributed by atoms with E-state index in [0.29, 0.717) is 18.1 Å². The lowest BCUT2D eigenvalue weighted by Gasteiger charge is -2.34. The summed E-state index contributed by atoms with van der Waals surface area (Å²) in [7, 11) is -2.48. The molecule has 0 aliphatic carbocycles. The van der Waals surface area contributed by atoms with Crippen LogP contribution in [0.1, 0.15) is 38.1 Å². The van der Waals surface area contributed by atoms with E-state index in [1.54, 1.807) is 0 Å². The zero-order valence-corrected chi connectivity index (χ0v) is 14.4. The molecule has 0 bridgehead atoms. The minimum Gasteiger partial charge on any atom is -0.409 e. The van der Waals surface area contributed by atoms with E-state index in [1.807, 2.05) is 20.8 Å². The van der Waals surface area contributed by atoms with Crippen LogP contribution in [0.25, 0.3) is 0 Å². The number of hydrogen-bond donors (Lipinski definition) is 2. The summed E-state index contributed by atoms with van der Waals surface area (Å²) in [5.74, 6) is -0.349. The summed E-state index contributed by atoms with van der Waals surface area (Å²) in [6.45, 7) is 5.59. The highest BCUT2D eigenvalue weighted by Gasteiger charge is 2.46. The van der Waals surface area contributed by atoms with Gasteiger partial charge in [-0.1, -0.05) is 25.9 Å². The SMILES string of the molecule is CC[Si](CC)(CC)OC(c1ccnc(C(N)=NO)c1)C(F)(F)F. The van der Waals surface area contributed by atoms with Crippen LogP contribution in [0.3, 0.4) is 0 Å². The van der Waals surface area contributed by atoms with Crippen LogP contribution in [0, 0.1) is 0 Å². The van der Waals surface area contributed by atoms with Gasteiger partial charge < -0.3 is 15.4 Å². The lowest BCUT2D eigenvalue weighted by molar-refractivity contribution is -0.201. The molecule has 0 saturated heterocycles. The third-order valence-electron chi connectivity index (χ3n) is 4.06. The second-order valence-electron chi connectivity index (χ2n) is 5.24. The number of nitrogens with two attached hydrogens (primary N) is 1. The van der Waals surface area contributed by atoms with Gasteiger partial charge in [-0.15, -0.1) is 0 Å². The van der Waals surface area contributed by atoms with Crippen LogP contribution in [0.2, 0.25) is 18.1 Å². The van der Waals surface area contributed by atoms with Crippen molar-refractivity contribution in [3.8, 4) is 0 Å². The van der Waals surface area contributed by atoms with Gasteiger partial charge >= 0.3 is 6.18 Å². The van der Waals surface area contributed by atoms with Gasteiger partial charge in [-0.3, -0.25) is 4.98 Å². The molecule has 0 saturated carbocycles. The number of aromatic nitrogens is 1. The van der Waals surface area contributed by atoms with Crippen molar-refractivity contribution in [2.45, 2.75) is 51.2 Å². The predicted octanol–water partition coefficient (Wildman–Crippen LogP) is 3.80. The topological polar surface area (TPSA) is 80.7 Å². The van der Waals surface area contributed by atoms with E-state index in [4.69, 9.17) is 15.4 Å². The fourth-order valence-electron chi connectivity index (χ4n) is 2.38. The summed E-state index contributed by atoms with van der Waals surface area (Å²) in [6.07, 6.45) is -5.40. The molecule has 23 heavy (non-hydrogen) atoms. The Morgan fingerprint density at radius 2 is 1.91 bits per heavy atom. The van der Waals surface area contributed by atoms with E-state index in [0.717, 1.165) is 6.07 Å². The van der Waals surface area contributed by atoms with Crippen LogP contribution in [-0.4, -0.2) is 30.5 Å². The summed E-state index contributed by atoms with van der Waals surface area (Å²) < 4.78 is 46.2. The second-order valence-corrected chi connectivity index (χ2v) is 9.97. The number of rotatable bonds is 7. The quantitative estimate of drug-likeness (QED) is 0.258. The molecule has 5 nitrogen and oxygen atoms in total. The normalized spacial score (nSPS) is 14.8. The first-order chi connectivity index (χ1) is 10.7. The van der Waals surface area contributed by atoms with Crippen LogP contribution in [0.5, 0.6) is 0 Å². The van der Waals surface area contributed by atoms with Gasteiger partial charge in [0.1, 0.15) is 5.69 Å². The molecule has 1 heterocycles. The maximum Gasteiger partial charge on any atom is 0.417 e.